The first kappa shape index (κ1) is 15.5. The van der Waals surface area contributed by atoms with Gasteiger partial charge in [-0.3, -0.25) is 0 Å². The Hall–Kier alpha value is -3.39. The predicted molar refractivity (Wildman–Crippen MR) is 95.7 cm³/mol. The molecule has 0 aliphatic heterocycles. The number of nitrogens with zero attached hydrogens (tertiary/aromatic N) is 4. The normalized spacial score (nSPS) is 10.0. The van der Waals surface area contributed by atoms with Gasteiger partial charge in [0.15, 0.2) is 0 Å². The Balaban J connectivity index is 1.90. The number of nitriles is 1. The molecule has 0 saturated heterocycles. The Morgan fingerprint density at radius 2 is 1.79 bits per heavy atom. The van der Waals surface area contributed by atoms with E-state index < -0.39 is 0 Å². The minimum Gasteiger partial charge on any atom is -0.329 e. The molecular weight excluding hydrogens is 298 g/mol. The number of aryl methyl sites for hydroxylation is 1. The zero-order valence-electron chi connectivity index (χ0n) is 13.6. The SMILES string of the molecule is Cc1cc(N(C)c2ccccc2)nc(Nc2cccc(C#N)c2)n1. The van der Waals surface area contributed by atoms with Crippen molar-refractivity contribution < 1.29 is 0 Å². The summed E-state index contributed by atoms with van der Waals surface area (Å²) in [7, 11) is 1.97. The maximum absolute atomic E-state index is 9.00. The number of nitrogens with one attached hydrogen (secondary N) is 1. The van der Waals surface area contributed by atoms with Crippen LogP contribution in [0.4, 0.5) is 23.1 Å². The molecule has 0 aliphatic carbocycles. The molecule has 3 aromatic rings. The summed E-state index contributed by atoms with van der Waals surface area (Å²) in [4.78, 5) is 11.0. The van der Waals surface area contributed by atoms with Gasteiger partial charge in [-0.15, -0.1) is 0 Å². The van der Waals surface area contributed by atoms with Crippen LogP contribution in [0.2, 0.25) is 0 Å². The summed E-state index contributed by atoms with van der Waals surface area (Å²) in [5.74, 6) is 1.30. The molecule has 0 radical (unpaired) electrons. The number of benzene rings is 2. The minimum atomic E-state index is 0.503. The van der Waals surface area contributed by atoms with E-state index in [1.165, 1.54) is 0 Å². The van der Waals surface area contributed by atoms with Crippen molar-refractivity contribution in [2.24, 2.45) is 0 Å². The molecule has 0 saturated carbocycles. The van der Waals surface area contributed by atoms with Gasteiger partial charge in [0.2, 0.25) is 5.95 Å². The topological polar surface area (TPSA) is 64.8 Å². The molecule has 1 heterocycles. The van der Waals surface area contributed by atoms with Crippen LogP contribution in [0.25, 0.3) is 0 Å². The van der Waals surface area contributed by atoms with Gasteiger partial charge in [-0.25, -0.2) is 4.98 Å². The van der Waals surface area contributed by atoms with Crippen molar-refractivity contribution in [2.75, 3.05) is 17.3 Å². The lowest BCUT2D eigenvalue weighted by Crippen LogP contribution is -2.13. The summed E-state index contributed by atoms with van der Waals surface area (Å²) in [5.41, 5.74) is 3.29. The number of para-hydroxylation sites is 1. The van der Waals surface area contributed by atoms with E-state index in [-0.39, 0.29) is 0 Å². The summed E-state index contributed by atoms with van der Waals surface area (Å²) in [6.07, 6.45) is 0. The second-order valence-corrected chi connectivity index (χ2v) is 5.40. The van der Waals surface area contributed by atoms with Crippen molar-refractivity contribution in [3.8, 4) is 6.07 Å². The van der Waals surface area contributed by atoms with Crippen LogP contribution in [0.3, 0.4) is 0 Å². The molecule has 5 nitrogen and oxygen atoms in total. The third-order valence-corrected chi connectivity index (χ3v) is 3.58. The summed E-state index contributed by atoms with van der Waals surface area (Å²) in [6.45, 7) is 1.93. The monoisotopic (exact) mass is 315 g/mol. The van der Waals surface area contributed by atoms with E-state index in [0.717, 1.165) is 22.9 Å². The maximum Gasteiger partial charge on any atom is 0.229 e. The van der Waals surface area contributed by atoms with E-state index in [0.29, 0.717) is 11.5 Å². The summed E-state index contributed by atoms with van der Waals surface area (Å²) < 4.78 is 0. The summed E-state index contributed by atoms with van der Waals surface area (Å²) >= 11 is 0. The highest BCUT2D eigenvalue weighted by molar-refractivity contribution is 5.62. The zero-order chi connectivity index (χ0) is 16.9. The molecule has 118 valence electrons. The molecule has 3 rings (SSSR count). The highest BCUT2D eigenvalue weighted by Crippen LogP contribution is 2.24. The molecule has 1 aromatic heterocycles. The second-order valence-electron chi connectivity index (χ2n) is 5.40. The summed E-state index contributed by atoms with van der Waals surface area (Å²) in [6, 6.07) is 21.3. The maximum atomic E-state index is 9.00. The molecule has 0 fully saturated rings. The first-order valence-corrected chi connectivity index (χ1v) is 7.57. The van der Waals surface area contributed by atoms with E-state index in [9.17, 15) is 0 Å². The quantitative estimate of drug-likeness (QED) is 0.783. The van der Waals surface area contributed by atoms with E-state index in [1.807, 2.05) is 67.4 Å². The molecule has 0 bridgehead atoms. The molecular formula is C19H17N5. The Morgan fingerprint density at radius 3 is 2.54 bits per heavy atom. The molecule has 0 aliphatic rings. The van der Waals surface area contributed by atoms with Gasteiger partial charge < -0.3 is 10.2 Å². The van der Waals surface area contributed by atoms with E-state index >= 15 is 0 Å². The van der Waals surface area contributed by atoms with Gasteiger partial charge in [-0.05, 0) is 37.3 Å². The van der Waals surface area contributed by atoms with Crippen molar-refractivity contribution in [2.45, 2.75) is 6.92 Å². The fourth-order valence-corrected chi connectivity index (χ4v) is 2.36. The molecule has 0 amide bonds. The Bertz CT molecular complexity index is 884. The van der Waals surface area contributed by atoms with Crippen LogP contribution >= 0.6 is 0 Å². The Kier molecular flexibility index (Phi) is 4.39. The highest BCUT2D eigenvalue weighted by Gasteiger charge is 2.09. The molecule has 0 spiro atoms. The van der Waals surface area contributed by atoms with Gasteiger partial charge in [-0.2, -0.15) is 10.2 Å². The van der Waals surface area contributed by atoms with E-state index in [1.54, 1.807) is 12.1 Å². The van der Waals surface area contributed by atoms with Gasteiger partial charge in [-0.1, -0.05) is 24.3 Å². The minimum absolute atomic E-state index is 0.503. The lowest BCUT2D eigenvalue weighted by molar-refractivity contribution is 1.05. The molecule has 2 aromatic carbocycles. The zero-order valence-corrected chi connectivity index (χ0v) is 13.6. The van der Waals surface area contributed by atoms with E-state index in [2.05, 4.69) is 21.4 Å². The molecule has 5 heteroatoms. The summed E-state index contributed by atoms with van der Waals surface area (Å²) in [5, 5.41) is 12.2. The number of hydrogen-bond donors (Lipinski definition) is 1. The van der Waals surface area contributed by atoms with Gasteiger partial charge in [0.25, 0.3) is 0 Å². The van der Waals surface area contributed by atoms with Crippen molar-refractivity contribution in [1.29, 1.82) is 5.26 Å². The van der Waals surface area contributed by atoms with Crippen molar-refractivity contribution in [3.63, 3.8) is 0 Å². The number of rotatable bonds is 4. The smallest absolute Gasteiger partial charge is 0.229 e. The van der Waals surface area contributed by atoms with Crippen LogP contribution in [0.15, 0.2) is 60.7 Å². The molecule has 0 atom stereocenters. The molecule has 24 heavy (non-hydrogen) atoms. The molecule has 0 unspecified atom stereocenters. The van der Waals surface area contributed by atoms with E-state index in [4.69, 9.17) is 5.26 Å². The average molecular weight is 315 g/mol. The standard InChI is InChI=1S/C19H17N5/c1-14-11-18(24(2)17-9-4-3-5-10-17)23-19(21-14)22-16-8-6-7-15(12-16)13-20/h3-12H,1-2H3,(H,21,22,23). The van der Waals surface area contributed by atoms with Crippen molar-refractivity contribution >= 4 is 23.1 Å². The van der Waals surface area contributed by atoms with Crippen LogP contribution in [0, 0.1) is 18.3 Å². The van der Waals surface area contributed by atoms with Gasteiger partial charge >= 0.3 is 0 Å². The van der Waals surface area contributed by atoms with Crippen LogP contribution in [-0.2, 0) is 0 Å². The first-order chi connectivity index (χ1) is 11.7. The van der Waals surface area contributed by atoms with Crippen molar-refractivity contribution in [3.05, 3.63) is 71.9 Å². The van der Waals surface area contributed by atoms with Gasteiger partial charge in [0.05, 0.1) is 11.6 Å². The number of aromatic nitrogens is 2. The van der Waals surface area contributed by atoms with Gasteiger partial charge in [0.1, 0.15) is 5.82 Å². The first-order valence-electron chi connectivity index (χ1n) is 7.57. The lowest BCUT2D eigenvalue weighted by atomic mass is 10.2. The fourth-order valence-electron chi connectivity index (χ4n) is 2.36. The third kappa shape index (κ3) is 3.50. The number of anilines is 4. The average Bonchev–Trinajstić information content (AvgIpc) is 2.61. The second kappa shape index (κ2) is 6.80. The Morgan fingerprint density at radius 1 is 1.00 bits per heavy atom. The molecule has 1 N–H and O–H groups in total. The predicted octanol–water partition coefficient (Wildman–Crippen LogP) is 4.17. The third-order valence-electron chi connectivity index (χ3n) is 3.58. The van der Waals surface area contributed by atoms with Crippen LogP contribution in [-0.4, -0.2) is 17.0 Å². The number of hydrogen-bond acceptors (Lipinski definition) is 5. The Labute approximate surface area is 141 Å². The highest BCUT2D eigenvalue weighted by atomic mass is 15.2. The largest absolute Gasteiger partial charge is 0.329 e. The lowest BCUT2D eigenvalue weighted by Gasteiger charge is -2.19. The van der Waals surface area contributed by atoms with Crippen LogP contribution in [0.5, 0.6) is 0 Å². The fraction of sp³-hybridized carbons (Fsp3) is 0.105. The van der Waals surface area contributed by atoms with Gasteiger partial charge in [0, 0.05) is 30.2 Å². The van der Waals surface area contributed by atoms with Crippen LogP contribution in [0.1, 0.15) is 11.3 Å². The van der Waals surface area contributed by atoms with Crippen LogP contribution < -0.4 is 10.2 Å². The van der Waals surface area contributed by atoms with Crippen molar-refractivity contribution in [1.82, 2.24) is 9.97 Å².